The lowest BCUT2D eigenvalue weighted by Gasteiger charge is -2.26. The molecule has 8 nitrogen and oxygen atoms in total. The van der Waals surface area contributed by atoms with Gasteiger partial charge in [-0.3, -0.25) is 14.5 Å². The molecule has 1 aromatic carbocycles. The fourth-order valence-corrected chi connectivity index (χ4v) is 5.06. The van der Waals surface area contributed by atoms with E-state index in [2.05, 4.69) is 10.6 Å². The van der Waals surface area contributed by atoms with Crippen LogP contribution < -0.4 is 15.5 Å². The molecule has 0 spiro atoms. The summed E-state index contributed by atoms with van der Waals surface area (Å²) in [6, 6.07) is 9.47. The molecule has 1 saturated carbocycles. The molecule has 1 saturated heterocycles. The maximum atomic E-state index is 12.8. The van der Waals surface area contributed by atoms with Crippen molar-refractivity contribution in [2.24, 2.45) is 5.92 Å². The van der Waals surface area contributed by atoms with Crippen LogP contribution in [0.2, 0.25) is 4.34 Å². The summed E-state index contributed by atoms with van der Waals surface area (Å²) in [6.45, 7) is 0.985. The number of carbonyl (C=O) groups excluding carboxylic acids is 3. The van der Waals surface area contributed by atoms with Crippen LogP contribution in [0.25, 0.3) is 0 Å². The van der Waals surface area contributed by atoms with Crippen LogP contribution >= 0.6 is 22.9 Å². The molecule has 10 heteroatoms. The van der Waals surface area contributed by atoms with Crippen LogP contribution in [0.4, 0.5) is 10.5 Å². The summed E-state index contributed by atoms with van der Waals surface area (Å²) in [5.74, 6) is -0.535. The highest BCUT2D eigenvalue weighted by Crippen LogP contribution is 2.28. The van der Waals surface area contributed by atoms with E-state index in [1.807, 2.05) is 0 Å². The number of hydrogen-bond acceptors (Lipinski definition) is 6. The van der Waals surface area contributed by atoms with Crippen LogP contribution in [0.1, 0.15) is 39.3 Å². The van der Waals surface area contributed by atoms with Gasteiger partial charge in [0.2, 0.25) is 0 Å². The van der Waals surface area contributed by atoms with Crippen molar-refractivity contribution in [2.75, 3.05) is 24.7 Å². The van der Waals surface area contributed by atoms with Crippen molar-refractivity contribution in [1.82, 2.24) is 10.6 Å². The molecule has 2 aliphatic rings. The van der Waals surface area contributed by atoms with Crippen molar-refractivity contribution < 1.29 is 24.2 Å². The lowest BCUT2D eigenvalue weighted by molar-refractivity contribution is 0.0894. The fourth-order valence-electron chi connectivity index (χ4n) is 4.12. The number of rotatable bonds is 6. The number of amides is 3. The molecule has 3 atom stereocenters. The van der Waals surface area contributed by atoms with Crippen molar-refractivity contribution >= 4 is 46.5 Å². The van der Waals surface area contributed by atoms with E-state index in [4.69, 9.17) is 16.3 Å². The molecular weight excluding hydrogens is 454 g/mol. The van der Waals surface area contributed by atoms with Gasteiger partial charge in [0.1, 0.15) is 0 Å². The Balaban J connectivity index is 1.41. The normalized spacial score (nSPS) is 23.0. The first kappa shape index (κ1) is 22.6. The van der Waals surface area contributed by atoms with Crippen LogP contribution in [0.5, 0.6) is 0 Å². The zero-order valence-electron chi connectivity index (χ0n) is 17.3. The van der Waals surface area contributed by atoms with Crippen LogP contribution in [0.15, 0.2) is 36.4 Å². The van der Waals surface area contributed by atoms with Gasteiger partial charge in [-0.15, -0.1) is 11.3 Å². The smallest absolute Gasteiger partial charge is 0.414 e. The van der Waals surface area contributed by atoms with Gasteiger partial charge >= 0.3 is 6.09 Å². The Hall–Kier alpha value is -2.62. The minimum Gasteiger partial charge on any atom is -0.449 e. The summed E-state index contributed by atoms with van der Waals surface area (Å²) in [7, 11) is 0. The molecule has 3 N–H and O–H groups in total. The van der Waals surface area contributed by atoms with E-state index in [9.17, 15) is 19.5 Å². The Labute approximate surface area is 194 Å². The van der Waals surface area contributed by atoms with Crippen molar-refractivity contribution in [3.8, 4) is 0 Å². The molecule has 2 fully saturated rings. The third-order valence-corrected chi connectivity index (χ3v) is 6.99. The summed E-state index contributed by atoms with van der Waals surface area (Å²) in [4.78, 5) is 39.3. The van der Waals surface area contributed by atoms with Gasteiger partial charge in [0.05, 0.1) is 15.8 Å². The van der Waals surface area contributed by atoms with Crippen molar-refractivity contribution in [2.45, 2.75) is 31.3 Å². The van der Waals surface area contributed by atoms with E-state index in [1.165, 1.54) is 16.2 Å². The van der Waals surface area contributed by atoms with Gasteiger partial charge in [0.15, 0.2) is 0 Å². The predicted octanol–water partition coefficient (Wildman–Crippen LogP) is 3.05. The Morgan fingerprint density at radius 1 is 1.09 bits per heavy atom. The molecule has 0 radical (unpaired) electrons. The monoisotopic (exact) mass is 477 g/mol. The summed E-state index contributed by atoms with van der Waals surface area (Å²) in [6.07, 6.45) is 1.50. The zero-order chi connectivity index (χ0) is 22.7. The van der Waals surface area contributed by atoms with E-state index in [1.54, 1.807) is 36.4 Å². The molecule has 170 valence electrons. The number of thiophene rings is 1. The molecule has 1 aliphatic carbocycles. The standard InChI is InChI=1S/C22H24ClN3O5S/c23-19-7-6-18(32-19)21(29)25-17-11-13(12-27)10-16(17)24-20(28)14-2-4-15(5-3-14)26-8-1-9-31-22(26)30/h2-7,13,16-17,27H,1,8-12H2,(H,24,28)(H,25,29)/t13-,16-,17-/m1/s1. The Morgan fingerprint density at radius 3 is 2.38 bits per heavy atom. The number of ether oxygens (including phenoxy) is 1. The van der Waals surface area contributed by atoms with Crippen molar-refractivity contribution in [1.29, 1.82) is 0 Å². The van der Waals surface area contributed by atoms with Gasteiger partial charge in [-0.25, -0.2) is 4.79 Å². The average Bonchev–Trinajstić information content (AvgIpc) is 3.40. The molecule has 0 bridgehead atoms. The largest absolute Gasteiger partial charge is 0.449 e. The lowest BCUT2D eigenvalue weighted by Crippen LogP contribution is -2.48. The topological polar surface area (TPSA) is 108 Å². The highest BCUT2D eigenvalue weighted by molar-refractivity contribution is 7.18. The molecular formula is C22H24ClN3O5S. The number of hydrogen-bond donors (Lipinski definition) is 3. The van der Waals surface area contributed by atoms with E-state index in [-0.39, 0.29) is 42.5 Å². The maximum Gasteiger partial charge on any atom is 0.414 e. The number of anilines is 1. The molecule has 32 heavy (non-hydrogen) atoms. The number of carbonyl (C=O) groups is 3. The van der Waals surface area contributed by atoms with Crippen LogP contribution in [-0.2, 0) is 4.74 Å². The number of cyclic esters (lactones) is 1. The summed E-state index contributed by atoms with van der Waals surface area (Å²) in [5, 5.41) is 15.6. The number of halogens is 1. The molecule has 2 aromatic rings. The van der Waals surface area contributed by atoms with E-state index in [0.717, 1.165) is 6.42 Å². The molecule has 1 aromatic heterocycles. The zero-order valence-corrected chi connectivity index (χ0v) is 18.8. The Morgan fingerprint density at radius 2 is 1.78 bits per heavy atom. The van der Waals surface area contributed by atoms with Gasteiger partial charge in [-0.2, -0.15) is 0 Å². The quantitative estimate of drug-likeness (QED) is 0.592. The summed E-state index contributed by atoms with van der Waals surface area (Å²) in [5.41, 5.74) is 1.12. The summed E-state index contributed by atoms with van der Waals surface area (Å²) < 4.78 is 5.58. The third kappa shape index (κ3) is 5.06. The van der Waals surface area contributed by atoms with Crippen molar-refractivity contribution in [3.63, 3.8) is 0 Å². The predicted molar refractivity (Wildman–Crippen MR) is 121 cm³/mol. The number of nitrogens with one attached hydrogen (secondary N) is 2. The van der Waals surface area contributed by atoms with Gasteiger partial charge < -0.3 is 20.5 Å². The van der Waals surface area contributed by atoms with Crippen LogP contribution in [-0.4, -0.2) is 54.9 Å². The van der Waals surface area contributed by atoms with E-state index in [0.29, 0.717) is 46.5 Å². The first-order valence-electron chi connectivity index (χ1n) is 10.5. The number of benzene rings is 1. The van der Waals surface area contributed by atoms with Gasteiger partial charge in [0.25, 0.3) is 11.8 Å². The third-order valence-electron chi connectivity index (χ3n) is 5.76. The van der Waals surface area contributed by atoms with Gasteiger partial charge in [0, 0.05) is 36.5 Å². The number of aliphatic hydroxyl groups excluding tert-OH is 1. The Bertz CT molecular complexity index is 996. The number of nitrogens with zero attached hydrogens (tertiary/aromatic N) is 1. The molecule has 2 heterocycles. The molecule has 1 aliphatic heterocycles. The number of aliphatic hydroxyl groups is 1. The second kappa shape index (κ2) is 9.89. The molecule has 0 unspecified atom stereocenters. The van der Waals surface area contributed by atoms with Gasteiger partial charge in [-0.1, -0.05) is 11.6 Å². The minimum atomic E-state index is -0.389. The average molecular weight is 478 g/mol. The summed E-state index contributed by atoms with van der Waals surface area (Å²) >= 11 is 7.11. The van der Waals surface area contributed by atoms with E-state index < -0.39 is 0 Å². The van der Waals surface area contributed by atoms with Crippen molar-refractivity contribution in [3.05, 3.63) is 51.2 Å². The molecule has 3 amide bonds. The Kier molecular flexibility index (Phi) is 6.98. The van der Waals surface area contributed by atoms with Crippen LogP contribution in [0, 0.1) is 5.92 Å². The second-order valence-electron chi connectivity index (χ2n) is 7.95. The SMILES string of the molecule is O=C(N[C@@H]1C[C@@H](CO)C[C@H]1NC(=O)c1ccc(Cl)s1)c1ccc(N2CCCOC2=O)cc1. The highest BCUT2D eigenvalue weighted by atomic mass is 35.5. The maximum absolute atomic E-state index is 12.8. The lowest BCUT2D eigenvalue weighted by atomic mass is 10.1. The minimum absolute atomic E-state index is 0.00925. The first-order valence-corrected chi connectivity index (χ1v) is 11.7. The van der Waals surface area contributed by atoms with Gasteiger partial charge in [-0.05, 0) is 61.6 Å². The van der Waals surface area contributed by atoms with Crippen LogP contribution in [0.3, 0.4) is 0 Å². The highest BCUT2D eigenvalue weighted by Gasteiger charge is 2.36. The fraction of sp³-hybridized carbons (Fsp3) is 0.409. The van der Waals surface area contributed by atoms with E-state index >= 15 is 0 Å². The first-order chi connectivity index (χ1) is 15.4. The second-order valence-corrected chi connectivity index (χ2v) is 9.67. The molecule has 4 rings (SSSR count).